The van der Waals surface area contributed by atoms with E-state index in [9.17, 15) is 18.8 Å². The molecule has 4 atom stereocenters. The van der Waals surface area contributed by atoms with Gasteiger partial charge in [-0.15, -0.1) is 0 Å². The molecule has 4 saturated carbocycles. The Morgan fingerprint density at radius 3 is 2.33 bits per heavy atom. The van der Waals surface area contributed by atoms with Crippen LogP contribution in [0.25, 0.3) is 0 Å². The molecule has 0 spiro atoms. The Morgan fingerprint density at radius 2 is 1.72 bits per heavy atom. The lowest BCUT2D eigenvalue weighted by atomic mass is 9.70. The molecule has 0 saturated heterocycles. The zero-order chi connectivity index (χ0) is 27.9. The maximum Gasteiger partial charge on any atom is 0.255 e. The van der Waals surface area contributed by atoms with E-state index < -0.39 is 17.1 Å². The number of ether oxygens (including phenoxy) is 2. The van der Waals surface area contributed by atoms with Gasteiger partial charge in [0.25, 0.3) is 5.91 Å². The minimum Gasteiger partial charge on any atom is -0.496 e. The molecule has 214 valence electrons. The molecule has 39 heavy (non-hydrogen) atoms. The maximum atomic E-state index is 15.0. The summed E-state index contributed by atoms with van der Waals surface area (Å²) in [6.45, 7) is 4.73. The summed E-state index contributed by atoms with van der Waals surface area (Å²) in [5.41, 5.74) is 5.33. The third-order valence-electron chi connectivity index (χ3n) is 10.2. The van der Waals surface area contributed by atoms with E-state index in [2.05, 4.69) is 17.6 Å². The zero-order valence-corrected chi connectivity index (χ0v) is 23.3. The van der Waals surface area contributed by atoms with Crippen LogP contribution < -0.4 is 25.8 Å². The van der Waals surface area contributed by atoms with Crippen LogP contribution in [0.1, 0.15) is 88.4 Å². The largest absolute Gasteiger partial charge is 0.496 e. The molecule has 0 heterocycles. The lowest BCUT2D eigenvalue weighted by molar-refractivity contribution is -0.129. The number of benzene rings is 1. The Hall–Kier alpha value is -2.84. The number of amides is 3. The fourth-order valence-electron chi connectivity index (χ4n) is 7.22. The van der Waals surface area contributed by atoms with Gasteiger partial charge in [-0.3, -0.25) is 14.4 Å². The van der Waals surface area contributed by atoms with E-state index in [1.165, 1.54) is 25.7 Å². The van der Waals surface area contributed by atoms with Crippen molar-refractivity contribution in [3.05, 3.63) is 23.5 Å². The number of fused-ring (bicyclic) bond motifs is 2. The average Bonchev–Trinajstić information content (AvgIpc) is 3.50. The van der Waals surface area contributed by atoms with Gasteiger partial charge >= 0.3 is 0 Å². The van der Waals surface area contributed by atoms with E-state index in [1.54, 1.807) is 0 Å². The molecule has 5 rings (SSSR count). The van der Waals surface area contributed by atoms with E-state index in [0.29, 0.717) is 32.2 Å². The normalized spacial score (nSPS) is 32.7. The van der Waals surface area contributed by atoms with Crippen molar-refractivity contribution in [3.63, 3.8) is 0 Å². The highest BCUT2D eigenvalue weighted by Gasteiger charge is 2.51. The number of carbonyl (C=O) groups is 3. The van der Waals surface area contributed by atoms with Crippen molar-refractivity contribution in [3.8, 4) is 11.5 Å². The maximum absolute atomic E-state index is 15.0. The number of hydrogen-bond donors (Lipinski definition) is 3. The summed E-state index contributed by atoms with van der Waals surface area (Å²) in [7, 11) is 1.40. The van der Waals surface area contributed by atoms with Gasteiger partial charge < -0.3 is 25.8 Å². The van der Waals surface area contributed by atoms with Crippen LogP contribution in [0.5, 0.6) is 11.5 Å². The monoisotopic (exact) mass is 543 g/mol. The fraction of sp³-hybridized carbons (Fsp3) is 0.700. The molecule has 0 radical (unpaired) electrons. The third-order valence-corrected chi connectivity index (χ3v) is 10.2. The minimum atomic E-state index is -0.617. The van der Waals surface area contributed by atoms with Gasteiger partial charge in [-0.05, 0) is 81.1 Å². The summed E-state index contributed by atoms with van der Waals surface area (Å²) in [6.07, 6.45) is 8.34. The molecule has 0 aromatic heterocycles. The molecule has 3 amide bonds. The summed E-state index contributed by atoms with van der Waals surface area (Å²) < 4.78 is 26.3. The lowest BCUT2D eigenvalue weighted by Crippen LogP contribution is -2.51. The molecule has 9 heteroatoms. The Bertz CT molecular complexity index is 1130. The van der Waals surface area contributed by atoms with Crippen LogP contribution in [0.3, 0.4) is 0 Å². The van der Waals surface area contributed by atoms with E-state index in [1.807, 2.05) is 6.92 Å². The van der Waals surface area contributed by atoms with Gasteiger partial charge in [0.1, 0.15) is 5.75 Å². The van der Waals surface area contributed by atoms with Crippen molar-refractivity contribution in [2.24, 2.45) is 34.3 Å². The fourth-order valence-corrected chi connectivity index (χ4v) is 7.22. The predicted molar refractivity (Wildman–Crippen MR) is 144 cm³/mol. The van der Waals surface area contributed by atoms with Crippen molar-refractivity contribution < 1.29 is 28.2 Å². The van der Waals surface area contributed by atoms with Crippen molar-refractivity contribution in [2.45, 2.75) is 90.2 Å². The van der Waals surface area contributed by atoms with Crippen molar-refractivity contribution >= 4 is 17.7 Å². The van der Waals surface area contributed by atoms with Crippen LogP contribution in [0.15, 0.2) is 12.1 Å². The van der Waals surface area contributed by atoms with Crippen LogP contribution in [-0.2, 0) is 9.59 Å². The SMILES string of the molecule is COc1cc(F)c(OC2CCC(C)(C(N)=O)CC2)cc1C(=O)N[C@@H]1[C@@H]2CC[C@@H](C2)[C@@H]1C(=O)NCC1(C)CCC1. The second-order valence-corrected chi connectivity index (χ2v) is 13.0. The topological polar surface area (TPSA) is 120 Å². The first kappa shape index (κ1) is 27.7. The number of rotatable bonds is 9. The predicted octanol–water partition coefficient (Wildman–Crippen LogP) is 4.10. The van der Waals surface area contributed by atoms with Gasteiger partial charge in [0, 0.05) is 24.1 Å². The van der Waals surface area contributed by atoms with Gasteiger partial charge in [0.15, 0.2) is 11.6 Å². The van der Waals surface area contributed by atoms with Gasteiger partial charge in [0.05, 0.1) is 24.7 Å². The van der Waals surface area contributed by atoms with Crippen molar-refractivity contribution in [1.29, 1.82) is 0 Å². The second-order valence-electron chi connectivity index (χ2n) is 13.0. The zero-order valence-electron chi connectivity index (χ0n) is 23.3. The summed E-state index contributed by atoms with van der Waals surface area (Å²) in [6, 6.07) is 2.30. The Morgan fingerprint density at radius 1 is 1.03 bits per heavy atom. The first-order valence-electron chi connectivity index (χ1n) is 14.4. The molecular weight excluding hydrogens is 501 g/mol. The van der Waals surface area contributed by atoms with E-state index in [-0.39, 0.29) is 64.2 Å². The molecule has 4 aliphatic rings. The molecular formula is C30H42FN3O5. The van der Waals surface area contributed by atoms with Crippen LogP contribution in [0.4, 0.5) is 4.39 Å². The minimum absolute atomic E-state index is 0.0235. The molecule has 1 aromatic carbocycles. The highest BCUT2D eigenvalue weighted by atomic mass is 19.1. The summed E-state index contributed by atoms with van der Waals surface area (Å²) in [5, 5.41) is 6.30. The number of primary amides is 1. The Kier molecular flexibility index (Phi) is 7.55. The average molecular weight is 544 g/mol. The molecule has 4 fully saturated rings. The van der Waals surface area contributed by atoms with E-state index in [0.717, 1.165) is 32.1 Å². The molecule has 8 nitrogen and oxygen atoms in total. The first-order chi connectivity index (χ1) is 18.5. The Balaban J connectivity index is 1.28. The summed E-state index contributed by atoms with van der Waals surface area (Å²) >= 11 is 0. The Labute approximate surface area is 229 Å². The van der Waals surface area contributed by atoms with Crippen LogP contribution in [0, 0.1) is 34.4 Å². The van der Waals surface area contributed by atoms with Gasteiger partial charge in [-0.25, -0.2) is 4.39 Å². The smallest absolute Gasteiger partial charge is 0.255 e. The summed E-state index contributed by atoms with van der Waals surface area (Å²) in [5.74, 6) is -0.985. The van der Waals surface area contributed by atoms with Crippen LogP contribution >= 0.6 is 0 Å². The molecule has 0 aliphatic heterocycles. The van der Waals surface area contributed by atoms with Gasteiger partial charge in [0.2, 0.25) is 11.8 Å². The molecule has 1 aromatic rings. The van der Waals surface area contributed by atoms with Gasteiger partial charge in [-0.1, -0.05) is 20.3 Å². The van der Waals surface area contributed by atoms with E-state index >= 15 is 0 Å². The molecule has 4 aliphatic carbocycles. The highest BCUT2D eigenvalue weighted by Crippen LogP contribution is 2.49. The first-order valence-corrected chi connectivity index (χ1v) is 14.4. The quantitative estimate of drug-likeness (QED) is 0.433. The molecule has 2 bridgehead atoms. The standard InChI is InChI=1S/C30H42FN3O5/c1-29(9-4-10-29)16-33-27(36)24-17-5-6-18(13-17)25(24)34-26(35)20-14-23(21(31)15-22(20)38-3)39-19-7-11-30(2,12-8-19)28(32)37/h14-15,17-19,24-25H,4-13,16H2,1-3H3,(H2,32,37)(H,33,36)(H,34,35)/t17-,18+,19?,24-,25+,30?/m0/s1. The molecule has 4 N–H and O–H groups in total. The van der Waals surface area contributed by atoms with Crippen molar-refractivity contribution in [1.82, 2.24) is 10.6 Å². The lowest BCUT2D eigenvalue weighted by Gasteiger charge is -2.39. The number of methoxy groups -OCH3 is 1. The number of carbonyl (C=O) groups excluding carboxylic acids is 3. The number of halogens is 1. The van der Waals surface area contributed by atoms with Crippen LogP contribution in [0.2, 0.25) is 0 Å². The summed E-state index contributed by atoms with van der Waals surface area (Å²) in [4.78, 5) is 38.6. The third kappa shape index (κ3) is 5.46. The van der Waals surface area contributed by atoms with Crippen molar-refractivity contribution in [2.75, 3.05) is 13.7 Å². The second kappa shape index (κ2) is 10.6. The van der Waals surface area contributed by atoms with Gasteiger partial charge in [-0.2, -0.15) is 0 Å². The molecule has 0 unspecified atom stereocenters. The van der Waals surface area contributed by atoms with Crippen LogP contribution in [-0.4, -0.2) is 43.5 Å². The number of nitrogens with one attached hydrogen (secondary N) is 2. The highest BCUT2D eigenvalue weighted by molar-refractivity contribution is 5.98. The van der Waals surface area contributed by atoms with E-state index in [4.69, 9.17) is 15.2 Å². The number of hydrogen-bond acceptors (Lipinski definition) is 5. The number of nitrogens with two attached hydrogens (primary N) is 1.